The maximum Gasteiger partial charge on any atom is 0.116 e. The third-order valence-corrected chi connectivity index (χ3v) is 9.32. The van der Waals surface area contributed by atoms with Gasteiger partial charge < -0.3 is 0 Å². The zero-order valence-corrected chi connectivity index (χ0v) is 21.7. The zero-order valence-electron chi connectivity index (χ0n) is 19.9. The number of thiophene rings is 1. The van der Waals surface area contributed by atoms with Crippen molar-refractivity contribution in [3.8, 4) is 11.3 Å². The number of pyridine rings is 1. The summed E-state index contributed by atoms with van der Waals surface area (Å²) in [5.74, 6) is 0. The minimum absolute atomic E-state index is 0.0202. The molecule has 0 saturated carbocycles. The van der Waals surface area contributed by atoms with E-state index in [2.05, 4.69) is 89.8 Å². The van der Waals surface area contributed by atoms with Crippen molar-refractivity contribution in [2.45, 2.75) is 52.8 Å². The van der Waals surface area contributed by atoms with Crippen LogP contribution in [-0.4, -0.2) is 23.0 Å². The largest absolute Gasteiger partial charge is 0.253 e. The summed E-state index contributed by atoms with van der Waals surface area (Å²) in [5.41, 5.74) is 6.56. The van der Waals surface area contributed by atoms with E-state index in [1.54, 1.807) is 6.33 Å². The number of benzene rings is 2. The van der Waals surface area contributed by atoms with Crippen LogP contribution in [0.5, 0.6) is 0 Å². The average Bonchev–Trinajstić information content (AvgIpc) is 3.09. The van der Waals surface area contributed by atoms with Gasteiger partial charge in [-0.25, -0.2) is 9.97 Å². The van der Waals surface area contributed by atoms with E-state index in [0.29, 0.717) is 0 Å². The fourth-order valence-corrected chi connectivity index (χ4v) is 6.76. The van der Waals surface area contributed by atoms with Crippen LogP contribution in [0.15, 0.2) is 48.8 Å². The molecule has 0 aliphatic carbocycles. The molecule has 0 amide bonds. The molecule has 32 heavy (non-hydrogen) atoms. The molecule has 5 aromatic rings. The maximum atomic E-state index is 4.88. The smallest absolute Gasteiger partial charge is 0.116 e. The Morgan fingerprint density at radius 3 is 2.38 bits per heavy atom. The van der Waals surface area contributed by atoms with Crippen molar-refractivity contribution >= 4 is 55.8 Å². The molecule has 162 valence electrons. The van der Waals surface area contributed by atoms with Gasteiger partial charge in [0.25, 0.3) is 0 Å². The van der Waals surface area contributed by atoms with Crippen LogP contribution in [0.25, 0.3) is 42.5 Å². The highest BCUT2D eigenvalue weighted by Gasteiger charge is 2.22. The number of rotatable bonds is 2. The number of hydrogen-bond acceptors (Lipinski definition) is 4. The maximum absolute atomic E-state index is 4.88. The summed E-state index contributed by atoms with van der Waals surface area (Å²) in [6, 6.07) is 15.7. The Kier molecular flexibility index (Phi) is 4.77. The summed E-state index contributed by atoms with van der Waals surface area (Å²) in [6.45, 7) is 16.0. The summed E-state index contributed by atoms with van der Waals surface area (Å²) in [6.07, 6.45) is 1.71. The van der Waals surface area contributed by atoms with Crippen LogP contribution in [0.1, 0.15) is 32.0 Å². The fourth-order valence-electron chi connectivity index (χ4n) is 4.29. The van der Waals surface area contributed by atoms with Crippen LogP contribution < -0.4 is 5.19 Å². The van der Waals surface area contributed by atoms with Crippen molar-refractivity contribution in [2.24, 2.45) is 0 Å². The van der Waals surface area contributed by atoms with Gasteiger partial charge in [-0.15, -0.1) is 11.3 Å². The van der Waals surface area contributed by atoms with Gasteiger partial charge in [-0.3, -0.25) is 4.98 Å². The first-order chi connectivity index (χ1) is 15.0. The van der Waals surface area contributed by atoms with E-state index >= 15 is 0 Å². The highest BCUT2D eigenvalue weighted by molar-refractivity contribution is 7.26. The average molecular weight is 456 g/mol. The van der Waals surface area contributed by atoms with E-state index in [9.17, 15) is 0 Å². The quantitative estimate of drug-likeness (QED) is 0.264. The van der Waals surface area contributed by atoms with Crippen LogP contribution in [-0.2, 0) is 5.41 Å². The second-order valence-electron chi connectivity index (χ2n) is 10.8. The normalized spacial score (nSPS) is 12.8. The van der Waals surface area contributed by atoms with Crippen LogP contribution in [0.2, 0.25) is 19.6 Å². The van der Waals surface area contributed by atoms with Crippen molar-refractivity contribution < 1.29 is 0 Å². The molecule has 0 saturated heterocycles. The molecule has 3 heterocycles. The lowest BCUT2D eigenvalue weighted by atomic mass is 9.84. The van der Waals surface area contributed by atoms with Crippen LogP contribution in [0, 0.1) is 6.92 Å². The predicted octanol–water partition coefficient (Wildman–Crippen LogP) is 7.21. The van der Waals surface area contributed by atoms with Crippen molar-refractivity contribution in [1.82, 2.24) is 15.0 Å². The molecule has 0 bridgehead atoms. The van der Waals surface area contributed by atoms with E-state index in [1.807, 2.05) is 11.3 Å². The topological polar surface area (TPSA) is 38.7 Å². The monoisotopic (exact) mass is 455 g/mol. The van der Waals surface area contributed by atoms with Gasteiger partial charge in [0.2, 0.25) is 0 Å². The molecular weight excluding hydrogens is 426 g/mol. The highest BCUT2D eigenvalue weighted by atomic mass is 32.1. The molecule has 5 rings (SSSR count). The lowest BCUT2D eigenvalue weighted by Gasteiger charge is -2.22. The van der Waals surface area contributed by atoms with Gasteiger partial charge >= 0.3 is 0 Å². The summed E-state index contributed by atoms with van der Waals surface area (Å²) in [7, 11) is -1.38. The molecule has 0 N–H and O–H groups in total. The standard InChI is InChI=1S/C27H29N3SSi/c1-16-8-9-17-12-18(13-21(23(17)30-16)27(2,3)4)24-26-25(29-15-28-24)20-11-10-19(32(5,6)7)14-22(20)31-26/h8-15H,1-7H3. The molecule has 0 radical (unpaired) electrons. The third kappa shape index (κ3) is 3.53. The Bertz CT molecular complexity index is 1500. The zero-order chi connectivity index (χ0) is 22.8. The first-order valence-electron chi connectivity index (χ1n) is 11.1. The Balaban J connectivity index is 1.80. The van der Waals surface area contributed by atoms with Crippen LogP contribution >= 0.6 is 11.3 Å². The van der Waals surface area contributed by atoms with Crippen molar-refractivity contribution in [1.29, 1.82) is 0 Å². The van der Waals surface area contributed by atoms with E-state index in [4.69, 9.17) is 15.0 Å². The summed E-state index contributed by atoms with van der Waals surface area (Å²) < 4.78 is 2.46. The van der Waals surface area contributed by atoms with Gasteiger partial charge in [-0.1, -0.05) is 63.8 Å². The van der Waals surface area contributed by atoms with Crippen LogP contribution in [0.3, 0.4) is 0 Å². The molecule has 0 spiro atoms. The number of aromatic nitrogens is 3. The van der Waals surface area contributed by atoms with Gasteiger partial charge in [0.05, 0.1) is 29.5 Å². The SMILES string of the molecule is Cc1ccc2cc(-c3ncnc4c3sc3cc([Si](C)(C)C)ccc34)cc(C(C)(C)C)c2n1. The Morgan fingerprint density at radius 1 is 0.875 bits per heavy atom. The van der Waals surface area contributed by atoms with E-state index in [-0.39, 0.29) is 5.41 Å². The fraction of sp³-hybridized carbons (Fsp3) is 0.296. The van der Waals surface area contributed by atoms with Gasteiger partial charge in [-0.05, 0) is 42.2 Å². The van der Waals surface area contributed by atoms with E-state index in [0.717, 1.165) is 38.1 Å². The first-order valence-corrected chi connectivity index (χ1v) is 15.4. The first kappa shape index (κ1) is 21.2. The molecule has 0 unspecified atom stereocenters. The highest BCUT2D eigenvalue weighted by Crippen LogP contribution is 2.40. The van der Waals surface area contributed by atoms with Crippen LogP contribution in [0.4, 0.5) is 0 Å². The summed E-state index contributed by atoms with van der Waals surface area (Å²) >= 11 is 1.82. The Labute approximate surface area is 194 Å². The van der Waals surface area contributed by atoms with Gasteiger partial charge in [-0.2, -0.15) is 0 Å². The predicted molar refractivity (Wildman–Crippen MR) is 142 cm³/mol. The molecule has 0 atom stereocenters. The third-order valence-electron chi connectivity index (χ3n) is 6.13. The minimum Gasteiger partial charge on any atom is -0.253 e. The minimum atomic E-state index is -1.38. The lowest BCUT2D eigenvalue weighted by molar-refractivity contribution is 0.594. The summed E-state index contributed by atoms with van der Waals surface area (Å²) in [4.78, 5) is 14.3. The summed E-state index contributed by atoms with van der Waals surface area (Å²) in [5, 5.41) is 3.87. The number of hydrogen-bond donors (Lipinski definition) is 0. The second-order valence-corrected chi connectivity index (χ2v) is 16.9. The Hall–Kier alpha value is -2.63. The molecule has 3 aromatic heterocycles. The van der Waals surface area contributed by atoms with Gasteiger partial charge in [0.15, 0.2) is 0 Å². The Morgan fingerprint density at radius 2 is 1.66 bits per heavy atom. The second kappa shape index (κ2) is 7.19. The molecule has 2 aromatic carbocycles. The molecule has 5 heteroatoms. The van der Waals surface area contributed by atoms with E-state index in [1.165, 1.54) is 20.8 Å². The number of aryl methyl sites for hydroxylation is 1. The molecule has 3 nitrogen and oxygen atoms in total. The van der Waals surface area contributed by atoms with Gasteiger partial charge in [0.1, 0.15) is 6.33 Å². The lowest BCUT2D eigenvalue weighted by Crippen LogP contribution is -2.37. The van der Waals surface area contributed by atoms with Gasteiger partial charge in [0, 0.05) is 26.7 Å². The van der Waals surface area contributed by atoms with Crippen molar-refractivity contribution in [2.75, 3.05) is 0 Å². The van der Waals surface area contributed by atoms with E-state index < -0.39 is 8.07 Å². The molecular formula is C27H29N3SSi. The molecule has 0 fully saturated rings. The van der Waals surface area contributed by atoms with Crippen molar-refractivity contribution in [3.05, 3.63) is 60.0 Å². The number of fused-ring (bicyclic) bond motifs is 4. The molecule has 0 aliphatic heterocycles. The number of nitrogens with zero attached hydrogens (tertiary/aromatic N) is 3. The van der Waals surface area contributed by atoms with Crippen molar-refractivity contribution in [3.63, 3.8) is 0 Å². The molecule has 0 aliphatic rings.